The first-order valence-corrected chi connectivity index (χ1v) is 11.4. The van der Waals surface area contributed by atoms with E-state index in [1.165, 1.54) is 22.5 Å². The number of nitrogens with zero attached hydrogens (tertiary/aromatic N) is 4. The Hall–Kier alpha value is -3.79. The number of thiophene rings is 1. The van der Waals surface area contributed by atoms with Crippen molar-refractivity contribution in [1.29, 1.82) is 0 Å². The summed E-state index contributed by atoms with van der Waals surface area (Å²) in [5.74, 6) is -0.564. The number of nitrogens with one attached hydrogen (secondary N) is 1. The molecule has 10 heteroatoms. The lowest BCUT2D eigenvalue weighted by molar-refractivity contribution is 0.430. The molecule has 0 aliphatic heterocycles. The van der Waals surface area contributed by atoms with E-state index in [-0.39, 0.29) is 11.1 Å². The molecule has 9 nitrogen and oxygen atoms in total. The summed E-state index contributed by atoms with van der Waals surface area (Å²) in [5.41, 5.74) is 1.23. The van der Waals surface area contributed by atoms with Crippen molar-refractivity contribution in [1.82, 2.24) is 19.2 Å². The molecule has 5 rings (SSSR count). The van der Waals surface area contributed by atoms with Crippen molar-refractivity contribution >= 4 is 27.8 Å². The first kappa shape index (κ1) is 21.1. The highest BCUT2D eigenvalue weighted by molar-refractivity contribution is 7.18. The summed E-state index contributed by atoms with van der Waals surface area (Å²) in [6.45, 7) is 3.81. The molecule has 0 saturated heterocycles. The number of H-pyrrole nitrogens is 1. The second-order valence-corrected chi connectivity index (χ2v) is 9.21. The van der Waals surface area contributed by atoms with Gasteiger partial charge in [-0.15, -0.1) is 11.3 Å². The topological polar surface area (TPSA) is 122 Å². The van der Waals surface area contributed by atoms with Crippen LogP contribution < -0.4 is 16.8 Å². The number of aromatic nitrogens is 4. The van der Waals surface area contributed by atoms with Crippen LogP contribution in [-0.2, 0) is 12.8 Å². The number of hydrogen-bond acceptors (Lipinski definition) is 7. The van der Waals surface area contributed by atoms with Crippen LogP contribution in [0, 0.1) is 13.8 Å². The summed E-state index contributed by atoms with van der Waals surface area (Å²) in [6.07, 6.45) is 6.28. The van der Waals surface area contributed by atoms with E-state index in [4.69, 9.17) is 0 Å². The van der Waals surface area contributed by atoms with Gasteiger partial charge in [0, 0.05) is 4.88 Å². The van der Waals surface area contributed by atoms with Gasteiger partial charge >= 0.3 is 5.69 Å². The van der Waals surface area contributed by atoms with Gasteiger partial charge in [0.1, 0.15) is 16.7 Å². The third kappa shape index (κ3) is 3.52. The van der Waals surface area contributed by atoms with E-state index in [1.54, 1.807) is 12.1 Å². The standard InChI is InChI=1S/C23H21N5O4S/c1-12-7-8-14(9-13(12)2)28-21(30)16(19(29)26-23(28)32)10-25-27-11-24-20-18(22(27)31)15-5-3-4-6-17(15)33-20/h7-11,30H,3-6H2,1-2H3,(H,26,29,32)/b25-10+. The zero-order chi connectivity index (χ0) is 23.3. The molecule has 0 bridgehead atoms. The Morgan fingerprint density at radius 3 is 2.73 bits per heavy atom. The fourth-order valence-electron chi connectivity index (χ4n) is 4.10. The highest BCUT2D eigenvalue weighted by Crippen LogP contribution is 2.33. The van der Waals surface area contributed by atoms with Gasteiger partial charge in [0.25, 0.3) is 11.1 Å². The third-order valence-electron chi connectivity index (χ3n) is 6.04. The maximum Gasteiger partial charge on any atom is 0.335 e. The monoisotopic (exact) mass is 463 g/mol. The molecule has 0 saturated carbocycles. The summed E-state index contributed by atoms with van der Waals surface area (Å²) < 4.78 is 2.04. The predicted octanol–water partition coefficient (Wildman–Crippen LogP) is 2.38. The smallest absolute Gasteiger partial charge is 0.335 e. The minimum atomic E-state index is -0.809. The first-order valence-electron chi connectivity index (χ1n) is 10.6. The van der Waals surface area contributed by atoms with Gasteiger partial charge in [0.2, 0.25) is 5.88 Å². The van der Waals surface area contributed by atoms with Gasteiger partial charge in [-0.2, -0.15) is 9.78 Å². The van der Waals surface area contributed by atoms with Crippen LogP contribution in [0.15, 0.2) is 44.0 Å². The lowest BCUT2D eigenvalue weighted by Gasteiger charge is -2.11. The summed E-state index contributed by atoms with van der Waals surface area (Å²) in [7, 11) is 0. The van der Waals surface area contributed by atoms with Crippen LogP contribution in [-0.4, -0.2) is 30.5 Å². The van der Waals surface area contributed by atoms with Crippen LogP contribution >= 0.6 is 11.3 Å². The maximum absolute atomic E-state index is 13.1. The highest BCUT2D eigenvalue weighted by atomic mass is 32.1. The number of hydrogen-bond donors (Lipinski definition) is 2. The molecule has 3 aromatic heterocycles. The van der Waals surface area contributed by atoms with Gasteiger partial charge < -0.3 is 5.11 Å². The molecule has 1 aromatic carbocycles. The lowest BCUT2D eigenvalue weighted by Crippen LogP contribution is -2.31. The zero-order valence-electron chi connectivity index (χ0n) is 18.1. The molecule has 168 valence electrons. The quantitative estimate of drug-likeness (QED) is 0.452. The molecule has 3 heterocycles. The van der Waals surface area contributed by atoms with Crippen molar-refractivity contribution in [2.75, 3.05) is 0 Å². The largest absolute Gasteiger partial charge is 0.493 e. The molecular weight excluding hydrogens is 442 g/mol. The van der Waals surface area contributed by atoms with Gasteiger partial charge in [-0.3, -0.25) is 14.6 Å². The van der Waals surface area contributed by atoms with Crippen LogP contribution in [0.4, 0.5) is 0 Å². The lowest BCUT2D eigenvalue weighted by atomic mass is 9.97. The minimum absolute atomic E-state index is 0.243. The zero-order valence-corrected chi connectivity index (χ0v) is 18.9. The van der Waals surface area contributed by atoms with E-state index in [2.05, 4.69) is 15.1 Å². The van der Waals surface area contributed by atoms with E-state index in [9.17, 15) is 19.5 Å². The minimum Gasteiger partial charge on any atom is -0.493 e. The van der Waals surface area contributed by atoms with Crippen molar-refractivity contribution in [3.8, 4) is 11.6 Å². The van der Waals surface area contributed by atoms with Gasteiger partial charge in [0.05, 0.1) is 17.3 Å². The fourth-order valence-corrected chi connectivity index (χ4v) is 5.32. The maximum atomic E-state index is 13.1. The first-order chi connectivity index (χ1) is 15.8. The van der Waals surface area contributed by atoms with Crippen LogP contribution in [0.5, 0.6) is 5.88 Å². The van der Waals surface area contributed by atoms with Gasteiger partial charge in [0.15, 0.2) is 0 Å². The molecule has 4 aromatic rings. The van der Waals surface area contributed by atoms with E-state index >= 15 is 0 Å². The summed E-state index contributed by atoms with van der Waals surface area (Å²) in [6, 6.07) is 5.22. The molecule has 0 radical (unpaired) electrons. The Bertz CT molecular complexity index is 1620. The van der Waals surface area contributed by atoms with Crippen molar-refractivity contribution in [2.24, 2.45) is 5.10 Å². The average molecular weight is 464 g/mol. The molecule has 0 fully saturated rings. The molecular formula is C23H21N5O4S. The van der Waals surface area contributed by atoms with Crippen LogP contribution in [0.25, 0.3) is 15.9 Å². The Labute approximate surface area is 191 Å². The number of aromatic amines is 1. The van der Waals surface area contributed by atoms with E-state index in [1.807, 2.05) is 19.9 Å². The van der Waals surface area contributed by atoms with E-state index < -0.39 is 17.1 Å². The Balaban J connectivity index is 1.62. The second kappa shape index (κ2) is 7.96. The van der Waals surface area contributed by atoms with E-state index in [0.717, 1.165) is 57.8 Å². The Kier molecular flexibility index (Phi) is 5.09. The number of aryl methyl sites for hydroxylation is 4. The average Bonchev–Trinajstić information content (AvgIpc) is 3.16. The van der Waals surface area contributed by atoms with Gasteiger partial charge in [-0.05, 0) is 68.4 Å². The molecule has 33 heavy (non-hydrogen) atoms. The van der Waals surface area contributed by atoms with Crippen LogP contribution in [0.2, 0.25) is 0 Å². The van der Waals surface area contributed by atoms with Gasteiger partial charge in [-0.1, -0.05) is 6.07 Å². The Morgan fingerprint density at radius 1 is 1.15 bits per heavy atom. The molecule has 0 atom stereocenters. The number of rotatable bonds is 3. The number of aromatic hydroxyl groups is 1. The van der Waals surface area contributed by atoms with Crippen molar-refractivity contribution in [3.63, 3.8) is 0 Å². The molecule has 0 amide bonds. The molecule has 1 aliphatic rings. The van der Waals surface area contributed by atoms with E-state index in [0.29, 0.717) is 15.9 Å². The number of fused-ring (bicyclic) bond motifs is 3. The van der Waals surface area contributed by atoms with Crippen molar-refractivity contribution < 1.29 is 5.11 Å². The van der Waals surface area contributed by atoms with Crippen molar-refractivity contribution in [3.05, 3.63) is 82.8 Å². The summed E-state index contributed by atoms with van der Waals surface area (Å²) >= 11 is 1.54. The van der Waals surface area contributed by atoms with Crippen LogP contribution in [0.3, 0.4) is 0 Å². The third-order valence-corrected chi connectivity index (χ3v) is 7.24. The molecule has 1 aliphatic carbocycles. The number of benzene rings is 1. The molecule has 0 unspecified atom stereocenters. The SMILES string of the molecule is Cc1ccc(-n2c(O)c(/C=N/n3cnc4sc5c(c4c3=O)CCCC5)c(=O)[nH]c2=O)cc1C. The fraction of sp³-hybridized carbons (Fsp3) is 0.261. The predicted molar refractivity (Wildman–Crippen MR) is 127 cm³/mol. The molecule has 0 spiro atoms. The summed E-state index contributed by atoms with van der Waals surface area (Å²) in [5, 5.41) is 15.4. The molecule has 2 N–H and O–H groups in total. The Morgan fingerprint density at radius 2 is 1.94 bits per heavy atom. The highest BCUT2D eigenvalue weighted by Gasteiger charge is 2.20. The van der Waals surface area contributed by atoms with Crippen LogP contribution in [0.1, 0.15) is 40.0 Å². The van der Waals surface area contributed by atoms with Crippen molar-refractivity contribution in [2.45, 2.75) is 39.5 Å². The normalized spacial score (nSPS) is 13.6. The second-order valence-electron chi connectivity index (χ2n) is 8.13. The summed E-state index contributed by atoms with van der Waals surface area (Å²) in [4.78, 5) is 46.4. The van der Waals surface area contributed by atoms with Gasteiger partial charge in [-0.25, -0.2) is 14.3 Å².